The average Bonchev–Trinajstić information content (AvgIpc) is 3.63. The van der Waals surface area contributed by atoms with E-state index in [1.54, 1.807) is 0 Å². The summed E-state index contributed by atoms with van der Waals surface area (Å²) in [5.41, 5.74) is 7.49. The van der Waals surface area contributed by atoms with Crippen LogP contribution >= 0.6 is 0 Å². The van der Waals surface area contributed by atoms with Crippen LogP contribution in [0.15, 0.2) is 84.9 Å². The lowest BCUT2D eigenvalue weighted by Crippen LogP contribution is -2.52. The first-order valence-electron chi connectivity index (χ1n) is 13.5. The lowest BCUT2D eigenvalue weighted by molar-refractivity contribution is -0.133. The van der Waals surface area contributed by atoms with Crippen LogP contribution in [0.3, 0.4) is 0 Å². The molecule has 0 spiro atoms. The van der Waals surface area contributed by atoms with Gasteiger partial charge in [0.1, 0.15) is 0 Å². The Morgan fingerprint density at radius 2 is 1.61 bits per heavy atom. The number of likely N-dealkylation sites (tertiary alicyclic amines) is 1. The number of carbonyl (C=O) groups is 2. The summed E-state index contributed by atoms with van der Waals surface area (Å²) in [5.74, 6) is -0.229. The summed E-state index contributed by atoms with van der Waals surface area (Å²) in [5, 5.41) is 4.29. The molecule has 38 heavy (non-hydrogen) atoms. The number of hydrogen-bond acceptors (Lipinski definition) is 2. The molecule has 0 radical (unpaired) electrons. The van der Waals surface area contributed by atoms with Crippen molar-refractivity contribution in [2.45, 2.75) is 25.3 Å². The number of fused-ring (bicyclic) bond motifs is 2. The van der Waals surface area contributed by atoms with Gasteiger partial charge >= 0.3 is 6.03 Å². The number of urea groups is 1. The predicted molar refractivity (Wildman–Crippen MR) is 151 cm³/mol. The maximum Gasteiger partial charge on any atom is 0.322 e. The fourth-order valence-corrected chi connectivity index (χ4v) is 6.45. The van der Waals surface area contributed by atoms with Gasteiger partial charge in [-0.1, -0.05) is 66.7 Å². The van der Waals surface area contributed by atoms with Crippen molar-refractivity contribution < 1.29 is 9.59 Å². The normalized spacial score (nSPS) is 20.3. The molecule has 2 atom stereocenters. The third kappa shape index (κ3) is 3.79. The molecule has 3 aliphatic rings. The third-order valence-electron chi connectivity index (χ3n) is 8.23. The second-order valence-electron chi connectivity index (χ2n) is 10.5. The Hall–Kier alpha value is -4.32. The lowest BCUT2D eigenvalue weighted by Gasteiger charge is -2.42. The van der Waals surface area contributed by atoms with Crippen LogP contribution in [0.1, 0.15) is 24.0 Å². The Labute approximate surface area is 222 Å². The molecule has 0 saturated carbocycles. The van der Waals surface area contributed by atoms with E-state index in [4.69, 9.17) is 0 Å². The highest BCUT2D eigenvalue weighted by Gasteiger charge is 2.41. The van der Waals surface area contributed by atoms with Crippen LogP contribution < -0.4 is 5.32 Å². The van der Waals surface area contributed by atoms with Crippen molar-refractivity contribution in [1.29, 1.82) is 0 Å². The summed E-state index contributed by atoms with van der Waals surface area (Å²) in [7, 11) is 0. The molecule has 1 fully saturated rings. The minimum absolute atomic E-state index is 0.128. The number of nitrogens with zero attached hydrogens (tertiary/aromatic N) is 2. The molecular weight excluding hydrogens is 472 g/mol. The van der Waals surface area contributed by atoms with E-state index in [0.29, 0.717) is 13.0 Å². The van der Waals surface area contributed by atoms with Crippen LogP contribution in [0, 0.1) is 5.92 Å². The van der Waals surface area contributed by atoms with E-state index in [1.165, 1.54) is 10.9 Å². The Balaban J connectivity index is 1.34. The fraction of sp³-hybridized carbons (Fsp3) is 0.250. The number of amides is 3. The topological polar surface area (TPSA) is 68.4 Å². The van der Waals surface area contributed by atoms with Gasteiger partial charge in [-0.2, -0.15) is 0 Å². The molecule has 6 heteroatoms. The highest BCUT2D eigenvalue weighted by atomic mass is 16.2. The Kier molecular flexibility index (Phi) is 5.54. The van der Waals surface area contributed by atoms with Gasteiger partial charge in [0.2, 0.25) is 5.91 Å². The van der Waals surface area contributed by atoms with Crippen molar-refractivity contribution in [2.24, 2.45) is 5.92 Å². The number of aromatic nitrogens is 1. The van der Waals surface area contributed by atoms with Gasteiger partial charge in [0.25, 0.3) is 0 Å². The van der Waals surface area contributed by atoms with Crippen molar-refractivity contribution in [3.63, 3.8) is 0 Å². The van der Waals surface area contributed by atoms with Gasteiger partial charge in [-0.25, -0.2) is 4.79 Å². The van der Waals surface area contributed by atoms with Crippen molar-refractivity contribution in [3.05, 3.63) is 96.1 Å². The zero-order valence-electron chi connectivity index (χ0n) is 21.2. The highest BCUT2D eigenvalue weighted by molar-refractivity contribution is 6.04. The maximum absolute atomic E-state index is 13.8. The first-order chi connectivity index (χ1) is 18.7. The molecule has 2 N–H and O–H groups in total. The molecule has 3 amide bonds. The quantitative estimate of drug-likeness (QED) is 0.365. The van der Waals surface area contributed by atoms with Crippen molar-refractivity contribution in [3.8, 4) is 11.3 Å². The van der Waals surface area contributed by atoms with E-state index in [2.05, 4.69) is 58.8 Å². The number of rotatable bonds is 3. The molecule has 4 aromatic rings. The maximum atomic E-state index is 13.8. The predicted octanol–water partition coefficient (Wildman–Crippen LogP) is 5.93. The largest absolute Gasteiger partial charge is 0.354 e. The number of carbonyl (C=O) groups excluding carboxylic acids is 2. The summed E-state index contributed by atoms with van der Waals surface area (Å²) in [4.78, 5) is 34.9. The first-order valence-corrected chi connectivity index (χ1v) is 13.5. The monoisotopic (exact) mass is 502 g/mol. The number of benzene rings is 3. The van der Waals surface area contributed by atoms with Gasteiger partial charge in [-0.3, -0.25) is 4.79 Å². The molecule has 7 rings (SSSR count). The number of hydrogen-bond donors (Lipinski definition) is 2. The smallest absolute Gasteiger partial charge is 0.322 e. The van der Waals surface area contributed by atoms with Gasteiger partial charge in [-0.15, -0.1) is 0 Å². The molecule has 190 valence electrons. The molecular formula is C32H30N4O2. The minimum atomic E-state index is -0.356. The van der Waals surface area contributed by atoms with Gasteiger partial charge in [-0.05, 0) is 59.7 Å². The molecule has 1 aliphatic carbocycles. The number of nitrogens with one attached hydrogen (secondary N) is 2. The summed E-state index contributed by atoms with van der Waals surface area (Å²) < 4.78 is 0. The Bertz CT molecular complexity index is 1550. The summed E-state index contributed by atoms with van der Waals surface area (Å²) in [6.07, 6.45) is 4.94. The fourth-order valence-electron chi connectivity index (χ4n) is 6.45. The van der Waals surface area contributed by atoms with Crippen molar-refractivity contribution in [2.75, 3.05) is 25.0 Å². The number of H-pyrrole nitrogens is 1. The highest BCUT2D eigenvalue weighted by Crippen LogP contribution is 2.45. The van der Waals surface area contributed by atoms with Gasteiger partial charge in [0, 0.05) is 41.9 Å². The second kappa shape index (κ2) is 9.21. The minimum Gasteiger partial charge on any atom is -0.354 e. The number of anilines is 1. The van der Waals surface area contributed by atoms with E-state index in [-0.39, 0.29) is 23.9 Å². The third-order valence-corrected chi connectivity index (χ3v) is 8.23. The Morgan fingerprint density at radius 3 is 2.37 bits per heavy atom. The summed E-state index contributed by atoms with van der Waals surface area (Å²) >= 11 is 0. The van der Waals surface area contributed by atoms with E-state index < -0.39 is 0 Å². The zero-order chi connectivity index (χ0) is 25.6. The van der Waals surface area contributed by atoms with E-state index in [1.807, 2.05) is 46.2 Å². The van der Waals surface area contributed by atoms with Crippen LogP contribution in [-0.4, -0.2) is 52.4 Å². The summed E-state index contributed by atoms with van der Waals surface area (Å²) in [6.45, 7) is 1.98. The van der Waals surface area contributed by atoms with Gasteiger partial charge in [0.15, 0.2) is 0 Å². The van der Waals surface area contributed by atoms with Crippen LogP contribution in [0.2, 0.25) is 0 Å². The molecule has 1 aromatic heterocycles. The van der Waals surface area contributed by atoms with Crippen LogP contribution in [-0.2, 0) is 11.2 Å². The zero-order valence-corrected chi connectivity index (χ0v) is 21.2. The molecule has 0 unspecified atom stereocenters. The second-order valence-corrected chi connectivity index (χ2v) is 10.5. The first kappa shape index (κ1) is 22.8. The molecule has 0 bridgehead atoms. The summed E-state index contributed by atoms with van der Waals surface area (Å²) in [6, 6.07) is 25.9. The SMILES string of the molecule is O=C([C@@H]1C=C2c3cccc4[nH]c(-c5ccccc5)c(c34)C[C@H]2N(C(=O)Nc2ccccc2)C1)N1CCCC1. The van der Waals surface area contributed by atoms with Crippen LogP contribution in [0.25, 0.3) is 27.7 Å². The lowest BCUT2D eigenvalue weighted by atomic mass is 9.78. The molecule has 3 aromatic carbocycles. The standard InChI is InChI=1S/C32H30N4O2/c37-31(35-16-7-8-17-35)22-18-25-24-14-9-15-27-29(24)26(30(34-27)21-10-3-1-4-11-21)19-28(25)36(20-22)32(38)33-23-12-5-2-6-13-23/h1-6,9-15,18,22,28,34H,7-8,16-17,19-20H2,(H,33,38)/t22-,28-/m1/s1. The van der Waals surface area contributed by atoms with Gasteiger partial charge in [0.05, 0.1) is 12.0 Å². The Morgan fingerprint density at radius 1 is 0.868 bits per heavy atom. The molecule has 1 saturated heterocycles. The number of aromatic amines is 1. The van der Waals surface area contributed by atoms with Crippen molar-refractivity contribution >= 4 is 34.1 Å². The van der Waals surface area contributed by atoms with E-state index in [0.717, 1.165) is 59.5 Å². The van der Waals surface area contributed by atoms with Crippen LogP contribution in [0.4, 0.5) is 10.5 Å². The van der Waals surface area contributed by atoms with Gasteiger partial charge < -0.3 is 20.1 Å². The van der Waals surface area contributed by atoms with E-state index >= 15 is 0 Å². The van der Waals surface area contributed by atoms with E-state index in [9.17, 15) is 9.59 Å². The molecule has 6 nitrogen and oxygen atoms in total. The molecule has 2 aliphatic heterocycles. The van der Waals surface area contributed by atoms with Crippen LogP contribution in [0.5, 0.6) is 0 Å². The van der Waals surface area contributed by atoms with Crippen molar-refractivity contribution in [1.82, 2.24) is 14.8 Å². The number of para-hydroxylation sites is 1. The average molecular weight is 503 g/mol. The molecule has 3 heterocycles.